The molecule has 100 valence electrons. The van der Waals surface area contributed by atoms with Gasteiger partial charge in [0.25, 0.3) is 0 Å². The molecule has 0 atom stereocenters. The standard InChI is InChI=1S/C12H13N3O4/c1-16-10-7(12-14-9(6-13)19-15-12)2-3-8-11(10)18-5-4-17-8/h2-3H,4-6,13H2,1H3. The van der Waals surface area contributed by atoms with Crippen molar-refractivity contribution in [2.24, 2.45) is 5.73 Å². The number of methoxy groups -OCH3 is 1. The fourth-order valence-corrected chi connectivity index (χ4v) is 1.92. The van der Waals surface area contributed by atoms with Gasteiger partial charge in [-0.1, -0.05) is 5.16 Å². The van der Waals surface area contributed by atoms with Crippen molar-refractivity contribution in [1.29, 1.82) is 0 Å². The van der Waals surface area contributed by atoms with Gasteiger partial charge in [0.15, 0.2) is 11.5 Å². The Balaban J connectivity index is 2.10. The van der Waals surface area contributed by atoms with Gasteiger partial charge >= 0.3 is 0 Å². The highest BCUT2D eigenvalue weighted by atomic mass is 16.6. The number of ether oxygens (including phenoxy) is 3. The summed E-state index contributed by atoms with van der Waals surface area (Å²) < 4.78 is 21.5. The van der Waals surface area contributed by atoms with Gasteiger partial charge in [-0.15, -0.1) is 0 Å². The predicted molar refractivity (Wildman–Crippen MR) is 65.2 cm³/mol. The molecule has 1 aliphatic rings. The normalized spacial score (nSPS) is 13.4. The van der Waals surface area contributed by atoms with Crippen LogP contribution in [0.2, 0.25) is 0 Å². The summed E-state index contributed by atoms with van der Waals surface area (Å²) in [6.45, 7) is 1.20. The van der Waals surface area contributed by atoms with Gasteiger partial charge in [-0.25, -0.2) is 0 Å². The van der Waals surface area contributed by atoms with Crippen molar-refractivity contribution in [3.8, 4) is 28.6 Å². The van der Waals surface area contributed by atoms with E-state index in [0.29, 0.717) is 47.7 Å². The van der Waals surface area contributed by atoms with Gasteiger partial charge in [0.2, 0.25) is 17.5 Å². The number of hydrogen-bond donors (Lipinski definition) is 1. The van der Waals surface area contributed by atoms with E-state index in [1.165, 1.54) is 0 Å². The Morgan fingerprint density at radius 1 is 1.32 bits per heavy atom. The van der Waals surface area contributed by atoms with E-state index in [9.17, 15) is 0 Å². The lowest BCUT2D eigenvalue weighted by molar-refractivity contribution is 0.165. The molecule has 0 aliphatic carbocycles. The molecule has 19 heavy (non-hydrogen) atoms. The molecule has 1 aromatic carbocycles. The fraction of sp³-hybridized carbons (Fsp3) is 0.333. The highest BCUT2D eigenvalue weighted by Crippen LogP contribution is 2.44. The third-order valence-corrected chi connectivity index (χ3v) is 2.75. The summed E-state index contributed by atoms with van der Waals surface area (Å²) in [7, 11) is 1.56. The molecule has 0 radical (unpaired) electrons. The summed E-state index contributed by atoms with van der Waals surface area (Å²) in [6.07, 6.45) is 0. The van der Waals surface area contributed by atoms with Gasteiger partial charge < -0.3 is 24.5 Å². The van der Waals surface area contributed by atoms with E-state index >= 15 is 0 Å². The van der Waals surface area contributed by atoms with Gasteiger partial charge in [-0.05, 0) is 12.1 Å². The third-order valence-electron chi connectivity index (χ3n) is 2.75. The van der Waals surface area contributed by atoms with E-state index in [2.05, 4.69) is 10.1 Å². The van der Waals surface area contributed by atoms with Crippen LogP contribution in [-0.4, -0.2) is 30.5 Å². The van der Waals surface area contributed by atoms with Gasteiger partial charge in [0.1, 0.15) is 13.2 Å². The first kappa shape index (κ1) is 11.8. The number of aromatic nitrogens is 2. The van der Waals surface area contributed by atoms with E-state index < -0.39 is 0 Å². The Hall–Kier alpha value is -2.28. The second-order valence-electron chi connectivity index (χ2n) is 3.89. The quantitative estimate of drug-likeness (QED) is 0.882. The van der Waals surface area contributed by atoms with Gasteiger partial charge in [-0.2, -0.15) is 4.98 Å². The second-order valence-corrected chi connectivity index (χ2v) is 3.89. The maximum atomic E-state index is 5.58. The number of fused-ring (bicyclic) bond motifs is 1. The molecular formula is C12H13N3O4. The first-order valence-corrected chi connectivity index (χ1v) is 5.83. The van der Waals surface area contributed by atoms with E-state index in [1.54, 1.807) is 19.2 Å². The monoisotopic (exact) mass is 263 g/mol. The van der Waals surface area contributed by atoms with Crippen molar-refractivity contribution in [3.05, 3.63) is 18.0 Å². The molecule has 3 rings (SSSR count). The lowest BCUT2D eigenvalue weighted by atomic mass is 10.1. The van der Waals surface area contributed by atoms with Crippen LogP contribution in [0.5, 0.6) is 17.2 Å². The van der Waals surface area contributed by atoms with Crippen LogP contribution in [0.1, 0.15) is 5.89 Å². The molecule has 0 unspecified atom stereocenters. The van der Waals surface area contributed by atoms with E-state index in [-0.39, 0.29) is 6.54 Å². The van der Waals surface area contributed by atoms with Crippen molar-refractivity contribution in [2.45, 2.75) is 6.54 Å². The highest BCUT2D eigenvalue weighted by molar-refractivity contribution is 5.72. The number of benzene rings is 1. The lowest BCUT2D eigenvalue weighted by Gasteiger charge is -2.21. The molecule has 2 heterocycles. The third kappa shape index (κ3) is 1.97. The maximum Gasteiger partial charge on any atom is 0.240 e. The smallest absolute Gasteiger partial charge is 0.240 e. The molecule has 2 N–H and O–H groups in total. The minimum atomic E-state index is 0.194. The van der Waals surface area contributed by atoms with E-state index in [1.807, 2.05) is 0 Å². The molecule has 7 heteroatoms. The van der Waals surface area contributed by atoms with Crippen LogP contribution in [0.4, 0.5) is 0 Å². The average Bonchev–Trinajstić information content (AvgIpc) is 2.94. The summed E-state index contributed by atoms with van der Waals surface area (Å²) in [5.41, 5.74) is 6.13. The number of nitrogens with two attached hydrogens (primary N) is 1. The zero-order valence-corrected chi connectivity index (χ0v) is 10.4. The Bertz CT molecular complexity index is 597. The molecule has 0 fully saturated rings. The maximum absolute atomic E-state index is 5.58. The van der Waals surface area contributed by atoms with Crippen molar-refractivity contribution in [3.63, 3.8) is 0 Å². The van der Waals surface area contributed by atoms with Crippen molar-refractivity contribution >= 4 is 0 Å². The molecule has 1 aromatic heterocycles. The highest BCUT2D eigenvalue weighted by Gasteiger charge is 2.23. The van der Waals surface area contributed by atoms with E-state index in [0.717, 1.165) is 0 Å². The summed E-state index contributed by atoms with van der Waals surface area (Å²) in [5.74, 6) is 2.52. The first-order valence-electron chi connectivity index (χ1n) is 5.83. The minimum Gasteiger partial charge on any atom is -0.492 e. The summed E-state index contributed by atoms with van der Waals surface area (Å²) in [5, 5.41) is 3.87. The average molecular weight is 263 g/mol. The van der Waals surface area contributed by atoms with Crippen LogP contribution in [0, 0.1) is 0 Å². The topological polar surface area (TPSA) is 92.6 Å². The fourth-order valence-electron chi connectivity index (χ4n) is 1.92. The van der Waals surface area contributed by atoms with Crippen LogP contribution < -0.4 is 19.9 Å². The minimum absolute atomic E-state index is 0.194. The zero-order valence-electron chi connectivity index (χ0n) is 10.4. The number of rotatable bonds is 3. The lowest BCUT2D eigenvalue weighted by Crippen LogP contribution is -2.16. The summed E-state index contributed by atoms with van der Waals surface area (Å²) in [6, 6.07) is 3.60. The van der Waals surface area contributed by atoms with Crippen LogP contribution in [0.15, 0.2) is 16.7 Å². The van der Waals surface area contributed by atoms with Crippen LogP contribution in [0.25, 0.3) is 11.4 Å². The molecule has 0 saturated heterocycles. The van der Waals surface area contributed by atoms with Gasteiger partial charge in [0, 0.05) is 0 Å². The summed E-state index contributed by atoms with van der Waals surface area (Å²) >= 11 is 0. The molecule has 0 saturated carbocycles. The van der Waals surface area contributed by atoms with Crippen LogP contribution in [0.3, 0.4) is 0 Å². The second kappa shape index (κ2) is 4.77. The molecule has 2 aromatic rings. The van der Waals surface area contributed by atoms with E-state index in [4.69, 9.17) is 24.5 Å². The Labute approximate surface area is 109 Å². The number of hydrogen-bond acceptors (Lipinski definition) is 7. The zero-order chi connectivity index (χ0) is 13.2. The van der Waals surface area contributed by atoms with Gasteiger partial charge in [-0.3, -0.25) is 0 Å². The van der Waals surface area contributed by atoms with Gasteiger partial charge in [0.05, 0.1) is 19.2 Å². The van der Waals surface area contributed by atoms with Crippen LogP contribution >= 0.6 is 0 Å². The predicted octanol–water partition coefficient (Wildman–Crippen LogP) is 0.975. The molecule has 7 nitrogen and oxygen atoms in total. The molecule has 0 bridgehead atoms. The molecule has 1 aliphatic heterocycles. The SMILES string of the molecule is COc1c(-c2noc(CN)n2)ccc2c1OCCO2. The summed E-state index contributed by atoms with van der Waals surface area (Å²) in [4.78, 5) is 4.18. The van der Waals surface area contributed by atoms with Crippen LogP contribution in [-0.2, 0) is 6.54 Å². The molecule has 0 amide bonds. The van der Waals surface area contributed by atoms with Crippen molar-refractivity contribution in [2.75, 3.05) is 20.3 Å². The Morgan fingerprint density at radius 2 is 2.16 bits per heavy atom. The largest absolute Gasteiger partial charge is 0.492 e. The Morgan fingerprint density at radius 3 is 2.89 bits per heavy atom. The molecular weight excluding hydrogens is 250 g/mol. The number of nitrogens with zero attached hydrogens (tertiary/aromatic N) is 2. The first-order chi connectivity index (χ1) is 9.33. The van der Waals surface area contributed by atoms with Crippen molar-refractivity contribution < 1.29 is 18.7 Å². The van der Waals surface area contributed by atoms with Crippen molar-refractivity contribution in [1.82, 2.24) is 10.1 Å². The molecule has 0 spiro atoms. The Kier molecular flexibility index (Phi) is 2.96.